The van der Waals surface area contributed by atoms with E-state index in [1.807, 2.05) is 13.0 Å². The number of ketones is 1. The van der Waals surface area contributed by atoms with Crippen molar-refractivity contribution in [1.29, 1.82) is 0 Å². The largest absolute Gasteiger partial charge is 0.482 e. The molecule has 1 atom stereocenters. The van der Waals surface area contributed by atoms with Crippen LogP contribution >= 0.6 is 11.3 Å². The Labute approximate surface area is 142 Å². The van der Waals surface area contributed by atoms with Crippen LogP contribution in [-0.2, 0) is 4.79 Å². The van der Waals surface area contributed by atoms with Gasteiger partial charge in [-0.15, -0.1) is 11.3 Å². The summed E-state index contributed by atoms with van der Waals surface area (Å²) < 4.78 is 5.32. The fourth-order valence-corrected chi connectivity index (χ4v) is 3.17. The molecule has 3 rings (SSSR count). The highest BCUT2D eigenvalue weighted by Gasteiger charge is 2.19. The van der Waals surface area contributed by atoms with Gasteiger partial charge in [-0.2, -0.15) is 0 Å². The number of ether oxygens (including phenoxy) is 1. The summed E-state index contributed by atoms with van der Waals surface area (Å²) in [4.78, 5) is 36.1. The summed E-state index contributed by atoms with van der Waals surface area (Å²) in [5, 5.41) is 5.63. The highest BCUT2D eigenvalue weighted by atomic mass is 32.1. The number of fused-ring (bicyclic) bond motifs is 1. The summed E-state index contributed by atoms with van der Waals surface area (Å²) in [5.41, 5.74) is 1.44. The average Bonchev–Trinajstić information content (AvgIpc) is 3.04. The molecular weight excluding hydrogens is 328 g/mol. The standard InChI is InChI=1S/C17H16N2O4S/c1-9(18-17(22)15-6-5-14(24-15)10(2)20)11-3-4-13-12(7-11)19-16(21)8-23-13/h3-7,9H,8H2,1-2H3,(H,18,22)(H,19,21). The molecule has 0 radical (unpaired) electrons. The van der Waals surface area contributed by atoms with Gasteiger partial charge in [0.05, 0.1) is 21.5 Å². The van der Waals surface area contributed by atoms with Crippen molar-refractivity contribution in [1.82, 2.24) is 5.32 Å². The molecule has 6 nitrogen and oxygen atoms in total. The van der Waals surface area contributed by atoms with Crippen molar-refractivity contribution >= 4 is 34.6 Å². The Balaban J connectivity index is 1.73. The van der Waals surface area contributed by atoms with E-state index in [4.69, 9.17) is 4.74 Å². The van der Waals surface area contributed by atoms with Crippen LogP contribution in [0.15, 0.2) is 30.3 Å². The zero-order chi connectivity index (χ0) is 17.3. The lowest BCUT2D eigenvalue weighted by Crippen LogP contribution is -2.27. The van der Waals surface area contributed by atoms with E-state index in [9.17, 15) is 14.4 Å². The molecule has 0 saturated carbocycles. The molecule has 24 heavy (non-hydrogen) atoms. The van der Waals surface area contributed by atoms with Crippen LogP contribution < -0.4 is 15.4 Å². The highest BCUT2D eigenvalue weighted by Crippen LogP contribution is 2.30. The lowest BCUT2D eigenvalue weighted by atomic mass is 10.1. The van der Waals surface area contributed by atoms with E-state index in [2.05, 4.69) is 10.6 Å². The van der Waals surface area contributed by atoms with E-state index >= 15 is 0 Å². The van der Waals surface area contributed by atoms with Gasteiger partial charge in [0, 0.05) is 0 Å². The second-order valence-corrected chi connectivity index (χ2v) is 6.59. The fourth-order valence-electron chi connectivity index (χ4n) is 2.37. The van der Waals surface area contributed by atoms with Crippen LogP contribution in [0, 0.1) is 0 Å². The van der Waals surface area contributed by atoms with Gasteiger partial charge >= 0.3 is 0 Å². The number of hydrogen-bond acceptors (Lipinski definition) is 5. The number of benzene rings is 1. The maximum Gasteiger partial charge on any atom is 0.262 e. The van der Waals surface area contributed by atoms with Crippen LogP contribution in [0.1, 0.15) is 44.8 Å². The zero-order valence-corrected chi connectivity index (χ0v) is 14.0. The summed E-state index contributed by atoms with van der Waals surface area (Å²) >= 11 is 1.17. The summed E-state index contributed by atoms with van der Waals surface area (Å²) in [6.07, 6.45) is 0. The van der Waals surface area contributed by atoms with Gasteiger partial charge in [-0.1, -0.05) is 6.07 Å². The lowest BCUT2D eigenvalue weighted by Gasteiger charge is -2.20. The Morgan fingerprint density at radius 1 is 1.25 bits per heavy atom. The SMILES string of the molecule is CC(=O)c1ccc(C(=O)NC(C)c2ccc3c(c2)NC(=O)CO3)s1. The van der Waals surface area contributed by atoms with Crippen LogP contribution in [-0.4, -0.2) is 24.2 Å². The molecule has 1 aromatic heterocycles. The van der Waals surface area contributed by atoms with E-state index in [1.165, 1.54) is 18.3 Å². The predicted molar refractivity (Wildman–Crippen MR) is 90.8 cm³/mol. The number of rotatable bonds is 4. The molecule has 2 aromatic rings. The van der Waals surface area contributed by atoms with Crippen molar-refractivity contribution in [2.75, 3.05) is 11.9 Å². The number of Topliss-reactive ketones (excluding diaryl/α,β-unsaturated/α-hetero) is 1. The van der Waals surface area contributed by atoms with Crippen molar-refractivity contribution in [2.24, 2.45) is 0 Å². The maximum atomic E-state index is 12.3. The molecule has 7 heteroatoms. The quantitative estimate of drug-likeness (QED) is 0.835. The third-order valence-electron chi connectivity index (χ3n) is 3.66. The van der Waals surface area contributed by atoms with Gasteiger partial charge in [-0.25, -0.2) is 0 Å². The molecule has 1 aliphatic rings. The van der Waals surface area contributed by atoms with Gasteiger partial charge in [0.1, 0.15) is 5.75 Å². The molecule has 124 valence electrons. The average molecular weight is 344 g/mol. The van der Waals surface area contributed by atoms with Gasteiger partial charge in [0.2, 0.25) is 0 Å². The smallest absolute Gasteiger partial charge is 0.262 e. The first-order valence-electron chi connectivity index (χ1n) is 7.42. The summed E-state index contributed by atoms with van der Waals surface area (Å²) in [6.45, 7) is 3.33. The van der Waals surface area contributed by atoms with Crippen molar-refractivity contribution in [3.8, 4) is 5.75 Å². The third kappa shape index (κ3) is 3.30. The van der Waals surface area contributed by atoms with Crippen LogP contribution in [0.5, 0.6) is 5.75 Å². The first kappa shape index (κ1) is 16.2. The van der Waals surface area contributed by atoms with Crippen LogP contribution in [0.3, 0.4) is 0 Å². The minimum Gasteiger partial charge on any atom is -0.482 e. The van der Waals surface area contributed by atoms with Crippen LogP contribution in [0.2, 0.25) is 0 Å². The molecule has 0 saturated heterocycles. The molecule has 2 heterocycles. The first-order chi connectivity index (χ1) is 11.4. The van der Waals surface area contributed by atoms with Crippen molar-refractivity contribution in [2.45, 2.75) is 19.9 Å². The van der Waals surface area contributed by atoms with Crippen molar-refractivity contribution < 1.29 is 19.1 Å². The van der Waals surface area contributed by atoms with Gasteiger partial charge < -0.3 is 15.4 Å². The molecule has 1 aliphatic heterocycles. The van der Waals surface area contributed by atoms with Gasteiger partial charge in [0.15, 0.2) is 12.4 Å². The number of hydrogen-bond donors (Lipinski definition) is 2. The number of amides is 2. The van der Waals surface area contributed by atoms with Gasteiger partial charge in [0.25, 0.3) is 11.8 Å². The van der Waals surface area contributed by atoms with E-state index in [1.54, 1.807) is 24.3 Å². The minimum absolute atomic E-state index is 0.00942. The number of nitrogens with one attached hydrogen (secondary N) is 2. The summed E-state index contributed by atoms with van der Waals surface area (Å²) in [7, 11) is 0. The molecule has 0 fully saturated rings. The number of anilines is 1. The van der Waals surface area contributed by atoms with Gasteiger partial charge in [-0.05, 0) is 43.7 Å². The third-order valence-corrected chi connectivity index (χ3v) is 4.85. The number of thiophene rings is 1. The molecule has 0 spiro atoms. The fraction of sp³-hybridized carbons (Fsp3) is 0.235. The summed E-state index contributed by atoms with van der Waals surface area (Å²) in [6, 6.07) is 8.43. The molecule has 2 N–H and O–H groups in total. The van der Waals surface area contributed by atoms with Crippen LogP contribution in [0.25, 0.3) is 0 Å². The molecule has 2 amide bonds. The normalized spacial score (nSPS) is 14.2. The van der Waals surface area contributed by atoms with E-state index in [-0.39, 0.29) is 30.2 Å². The van der Waals surface area contributed by atoms with Crippen molar-refractivity contribution in [3.63, 3.8) is 0 Å². The number of carbonyl (C=O) groups is 3. The Kier molecular flexibility index (Phi) is 4.35. The predicted octanol–water partition coefficient (Wildman–Crippen LogP) is 2.77. The molecule has 1 aromatic carbocycles. The van der Waals surface area contributed by atoms with E-state index in [0.717, 1.165) is 5.56 Å². The molecule has 0 bridgehead atoms. The monoisotopic (exact) mass is 344 g/mol. The van der Waals surface area contributed by atoms with E-state index in [0.29, 0.717) is 21.2 Å². The first-order valence-corrected chi connectivity index (χ1v) is 8.24. The van der Waals surface area contributed by atoms with E-state index < -0.39 is 0 Å². The van der Waals surface area contributed by atoms with Gasteiger partial charge in [-0.3, -0.25) is 14.4 Å². The number of carbonyl (C=O) groups excluding carboxylic acids is 3. The minimum atomic E-state index is -0.260. The van der Waals surface area contributed by atoms with Crippen LogP contribution in [0.4, 0.5) is 5.69 Å². The summed E-state index contributed by atoms with van der Waals surface area (Å²) in [5.74, 6) is 0.114. The molecule has 0 aliphatic carbocycles. The Hall–Kier alpha value is -2.67. The Morgan fingerprint density at radius 2 is 2.00 bits per heavy atom. The molecular formula is C17H16N2O4S. The zero-order valence-electron chi connectivity index (χ0n) is 13.2. The Bertz CT molecular complexity index is 828. The lowest BCUT2D eigenvalue weighted by molar-refractivity contribution is -0.118. The highest BCUT2D eigenvalue weighted by molar-refractivity contribution is 7.15. The maximum absolute atomic E-state index is 12.3. The second kappa shape index (κ2) is 6.45. The topological polar surface area (TPSA) is 84.5 Å². The second-order valence-electron chi connectivity index (χ2n) is 5.51. The molecule has 1 unspecified atom stereocenters. The van der Waals surface area contributed by atoms with Crippen molar-refractivity contribution in [3.05, 3.63) is 45.6 Å². The Morgan fingerprint density at radius 3 is 2.71 bits per heavy atom.